The summed E-state index contributed by atoms with van der Waals surface area (Å²) in [6, 6.07) is 6.07. The van der Waals surface area contributed by atoms with Crippen LogP contribution < -0.4 is 5.73 Å². The third-order valence-electron chi connectivity index (χ3n) is 3.10. The lowest BCUT2D eigenvalue weighted by Gasteiger charge is -2.15. The SMILES string of the molecule is Cc1ccsc1CC(CN)c1ccc(F)c(F)c1. The second-order valence-electron chi connectivity index (χ2n) is 4.34. The molecule has 0 aliphatic rings. The summed E-state index contributed by atoms with van der Waals surface area (Å²) >= 11 is 1.67. The maximum Gasteiger partial charge on any atom is 0.159 e. The molecule has 0 aliphatic heterocycles. The van der Waals surface area contributed by atoms with Gasteiger partial charge in [-0.2, -0.15) is 0 Å². The lowest BCUT2D eigenvalue weighted by Crippen LogP contribution is -2.15. The van der Waals surface area contributed by atoms with Gasteiger partial charge in [0.05, 0.1) is 0 Å². The molecule has 2 aromatic rings. The van der Waals surface area contributed by atoms with Crippen molar-refractivity contribution in [2.45, 2.75) is 19.3 Å². The number of thiophene rings is 1. The Morgan fingerprint density at radius 1 is 1.22 bits per heavy atom. The number of rotatable bonds is 4. The van der Waals surface area contributed by atoms with Crippen molar-refractivity contribution in [3.8, 4) is 0 Å². The van der Waals surface area contributed by atoms with E-state index in [0.717, 1.165) is 18.1 Å². The quantitative estimate of drug-likeness (QED) is 0.899. The van der Waals surface area contributed by atoms with Crippen LogP contribution in [0.15, 0.2) is 29.6 Å². The lowest BCUT2D eigenvalue weighted by atomic mass is 9.94. The van der Waals surface area contributed by atoms with E-state index >= 15 is 0 Å². The van der Waals surface area contributed by atoms with Crippen molar-refractivity contribution in [1.29, 1.82) is 0 Å². The fourth-order valence-electron chi connectivity index (χ4n) is 1.94. The number of hydrogen-bond acceptors (Lipinski definition) is 2. The van der Waals surface area contributed by atoms with Gasteiger partial charge in [-0.15, -0.1) is 11.3 Å². The first-order valence-corrected chi connectivity index (χ1v) is 6.67. The van der Waals surface area contributed by atoms with Gasteiger partial charge >= 0.3 is 0 Å². The number of aryl methyl sites for hydroxylation is 1. The van der Waals surface area contributed by atoms with Crippen molar-refractivity contribution < 1.29 is 8.78 Å². The van der Waals surface area contributed by atoms with Gasteiger partial charge in [-0.3, -0.25) is 0 Å². The second kappa shape index (κ2) is 5.59. The fourth-order valence-corrected chi connectivity index (χ4v) is 2.93. The van der Waals surface area contributed by atoms with E-state index in [2.05, 4.69) is 6.07 Å². The average molecular weight is 267 g/mol. The molecule has 4 heteroatoms. The van der Waals surface area contributed by atoms with E-state index in [4.69, 9.17) is 5.73 Å². The van der Waals surface area contributed by atoms with Crippen LogP contribution >= 0.6 is 11.3 Å². The average Bonchev–Trinajstić information content (AvgIpc) is 2.75. The van der Waals surface area contributed by atoms with Crippen LogP contribution in [0.5, 0.6) is 0 Å². The molecule has 1 atom stereocenters. The largest absolute Gasteiger partial charge is 0.330 e. The molecule has 0 amide bonds. The topological polar surface area (TPSA) is 26.0 Å². The van der Waals surface area contributed by atoms with Crippen LogP contribution in [0.25, 0.3) is 0 Å². The van der Waals surface area contributed by atoms with Crippen LogP contribution in [-0.4, -0.2) is 6.54 Å². The summed E-state index contributed by atoms with van der Waals surface area (Å²) < 4.78 is 26.1. The molecular formula is C14H15F2NS. The summed E-state index contributed by atoms with van der Waals surface area (Å²) in [5, 5.41) is 2.03. The molecule has 0 radical (unpaired) electrons. The highest BCUT2D eigenvalue weighted by atomic mass is 32.1. The van der Waals surface area contributed by atoms with E-state index in [0.29, 0.717) is 6.54 Å². The lowest BCUT2D eigenvalue weighted by molar-refractivity contribution is 0.505. The standard InChI is InChI=1S/C14H15F2NS/c1-9-4-5-18-14(9)7-11(8-17)10-2-3-12(15)13(16)6-10/h2-6,11H,7-8,17H2,1H3. The Morgan fingerprint density at radius 2 is 2.00 bits per heavy atom. The van der Waals surface area contributed by atoms with Gasteiger partial charge in [-0.1, -0.05) is 6.07 Å². The van der Waals surface area contributed by atoms with Gasteiger partial charge in [-0.05, 0) is 54.6 Å². The van der Waals surface area contributed by atoms with Crippen LogP contribution in [0.2, 0.25) is 0 Å². The van der Waals surface area contributed by atoms with Gasteiger partial charge in [-0.25, -0.2) is 8.78 Å². The molecular weight excluding hydrogens is 252 g/mol. The smallest absolute Gasteiger partial charge is 0.159 e. The van der Waals surface area contributed by atoms with Crippen molar-refractivity contribution in [1.82, 2.24) is 0 Å². The fraction of sp³-hybridized carbons (Fsp3) is 0.286. The van der Waals surface area contributed by atoms with E-state index in [1.54, 1.807) is 17.4 Å². The molecule has 2 N–H and O–H groups in total. The van der Waals surface area contributed by atoms with Crippen LogP contribution in [0.1, 0.15) is 21.9 Å². The molecule has 1 unspecified atom stereocenters. The molecule has 1 nitrogen and oxygen atoms in total. The zero-order valence-electron chi connectivity index (χ0n) is 10.1. The molecule has 96 valence electrons. The summed E-state index contributed by atoms with van der Waals surface area (Å²) in [5.41, 5.74) is 7.73. The van der Waals surface area contributed by atoms with Crippen LogP contribution in [0.4, 0.5) is 8.78 Å². The third-order valence-corrected chi connectivity index (χ3v) is 4.14. The monoisotopic (exact) mass is 267 g/mol. The Labute approximate surface area is 109 Å². The molecule has 0 saturated carbocycles. The van der Waals surface area contributed by atoms with Crippen LogP contribution in [-0.2, 0) is 6.42 Å². The summed E-state index contributed by atoms with van der Waals surface area (Å²) in [4.78, 5) is 1.25. The molecule has 1 heterocycles. The number of halogens is 2. The third kappa shape index (κ3) is 2.76. The molecule has 0 saturated heterocycles. The second-order valence-corrected chi connectivity index (χ2v) is 5.34. The first-order chi connectivity index (χ1) is 8.61. The highest BCUT2D eigenvalue weighted by Crippen LogP contribution is 2.26. The Hall–Kier alpha value is -1.26. The van der Waals surface area contributed by atoms with Gasteiger partial charge in [0.2, 0.25) is 0 Å². The van der Waals surface area contributed by atoms with Crippen molar-refractivity contribution in [2.24, 2.45) is 5.73 Å². The zero-order valence-corrected chi connectivity index (χ0v) is 10.9. The van der Waals surface area contributed by atoms with Gasteiger partial charge in [0.1, 0.15) is 0 Å². The minimum atomic E-state index is -0.818. The van der Waals surface area contributed by atoms with Crippen LogP contribution in [0, 0.1) is 18.6 Å². The predicted octanol–water partition coefficient (Wildman–Crippen LogP) is 3.62. The first kappa shape index (κ1) is 13.2. The summed E-state index contributed by atoms with van der Waals surface area (Å²) in [6.45, 7) is 2.47. The van der Waals surface area contributed by atoms with Crippen molar-refractivity contribution >= 4 is 11.3 Å². The minimum absolute atomic E-state index is 0.0254. The zero-order chi connectivity index (χ0) is 13.1. The molecule has 2 rings (SSSR count). The Morgan fingerprint density at radius 3 is 2.56 bits per heavy atom. The van der Waals surface area contributed by atoms with E-state index < -0.39 is 11.6 Å². The summed E-state index contributed by atoms with van der Waals surface area (Å²) in [6.07, 6.45) is 0.769. The molecule has 1 aromatic carbocycles. The molecule has 0 bridgehead atoms. The normalized spacial score (nSPS) is 12.7. The summed E-state index contributed by atoms with van der Waals surface area (Å²) in [5.74, 6) is -1.60. The Bertz CT molecular complexity index is 536. The number of benzene rings is 1. The van der Waals surface area contributed by atoms with Gasteiger partial charge in [0.15, 0.2) is 11.6 Å². The maximum atomic E-state index is 13.2. The van der Waals surface area contributed by atoms with Crippen LogP contribution in [0.3, 0.4) is 0 Å². The van der Waals surface area contributed by atoms with Crippen molar-refractivity contribution in [2.75, 3.05) is 6.54 Å². The molecule has 0 spiro atoms. The number of hydrogen-bond donors (Lipinski definition) is 1. The van der Waals surface area contributed by atoms with Gasteiger partial charge < -0.3 is 5.73 Å². The minimum Gasteiger partial charge on any atom is -0.330 e. The summed E-state index contributed by atoms with van der Waals surface area (Å²) in [7, 11) is 0. The van der Waals surface area contributed by atoms with Gasteiger partial charge in [0.25, 0.3) is 0 Å². The Kier molecular flexibility index (Phi) is 4.09. The van der Waals surface area contributed by atoms with Crippen molar-refractivity contribution in [3.05, 3.63) is 57.3 Å². The molecule has 0 aliphatic carbocycles. The van der Waals surface area contributed by atoms with E-state index in [1.165, 1.54) is 16.5 Å². The Balaban J connectivity index is 2.23. The molecule has 1 aromatic heterocycles. The number of nitrogens with two attached hydrogens (primary N) is 1. The van der Waals surface area contributed by atoms with E-state index in [9.17, 15) is 8.78 Å². The van der Waals surface area contributed by atoms with Crippen molar-refractivity contribution in [3.63, 3.8) is 0 Å². The predicted molar refractivity (Wildman–Crippen MR) is 70.9 cm³/mol. The molecule has 18 heavy (non-hydrogen) atoms. The highest BCUT2D eigenvalue weighted by molar-refractivity contribution is 7.10. The maximum absolute atomic E-state index is 13.2. The van der Waals surface area contributed by atoms with E-state index in [-0.39, 0.29) is 5.92 Å². The van der Waals surface area contributed by atoms with Gasteiger partial charge in [0, 0.05) is 10.8 Å². The molecule has 0 fully saturated rings. The first-order valence-electron chi connectivity index (χ1n) is 5.79. The van der Waals surface area contributed by atoms with E-state index in [1.807, 2.05) is 12.3 Å². The highest BCUT2D eigenvalue weighted by Gasteiger charge is 2.14.